The molecule has 1 heterocycles. The number of aliphatic hydroxyl groups is 1. The molecule has 1 N–H and O–H groups in total. The van der Waals surface area contributed by atoms with Gasteiger partial charge in [-0.3, -0.25) is 0 Å². The fourth-order valence-electron chi connectivity index (χ4n) is 1.69. The summed E-state index contributed by atoms with van der Waals surface area (Å²) < 4.78 is 1.80. The van der Waals surface area contributed by atoms with Crippen molar-refractivity contribution in [1.82, 2.24) is 9.78 Å². The molecule has 0 unspecified atom stereocenters. The molecule has 3 nitrogen and oxygen atoms in total. The van der Waals surface area contributed by atoms with Gasteiger partial charge in [-0.1, -0.05) is 17.7 Å². The number of nitrogens with zero attached hydrogens (tertiary/aromatic N) is 2. The van der Waals surface area contributed by atoms with Crippen LogP contribution in [0.5, 0.6) is 0 Å². The predicted molar refractivity (Wildman–Crippen MR) is 64.0 cm³/mol. The van der Waals surface area contributed by atoms with E-state index in [4.69, 9.17) is 16.7 Å². The molecule has 0 atom stereocenters. The second kappa shape index (κ2) is 4.28. The lowest BCUT2D eigenvalue weighted by atomic mass is 10.2. The molecule has 0 saturated heterocycles. The predicted octanol–water partition coefficient (Wildman–Crippen LogP) is 2.63. The smallest absolute Gasteiger partial charge is 0.0886 e. The monoisotopic (exact) mass is 236 g/mol. The van der Waals surface area contributed by atoms with Gasteiger partial charge < -0.3 is 5.11 Å². The highest BCUT2D eigenvalue weighted by molar-refractivity contribution is 6.31. The summed E-state index contributed by atoms with van der Waals surface area (Å²) >= 11 is 6.07. The van der Waals surface area contributed by atoms with Crippen LogP contribution in [0.1, 0.15) is 17.0 Å². The second-order valence-electron chi connectivity index (χ2n) is 3.73. The highest BCUT2D eigenvalue weighted by Gasteiger charge is 2.09. The van der Waals surface area contributed by atoms with Crippen molar-refractivity contribution in [3.63, 3.8) is 0 Å². The molecule has 0 radical (unpaired) electrons. The minimum Gasteiger partial charge on any atom is -0.390 e. The molecule has 2 rings (SSSR count). The first-order valence-corrected chi connectivity index (χ1v) is 5.43. The maximum Gasteiger partial charge on any atom is 0.0886 e. The minimum absolute atomic E-state index is 0.0482. The SMILES string of the molecule is Cc1c(Cl)cccc1-n1nc(CO)cc1C. The summed E-state index contributed by atoms with van der Waals surface area (Å²) in [5.41, 5.74) is 3.58. The molecule has 0 aliphatic carbocycles. The Balaban J connectivity index is 2.58. The fourth-order valence-corrected chi connectivity index (χ4v) is 1.85. The number of hydrogen-bond acceptors (Lipinski definition) is 2. The molecule has 84 valence electrons. The van der Waals surface area contributed by atoms with E-state index in [9.17, 15) is 0 Å². The zero-order chi connectivity index (χ0) is 11.7. The minimum atomic E-state index is -0.0482. The third-order valence-electron chi connectivity index (χ3n) is 2.57. The molecule has 0 saturated carbocycles. The van der Waals surface area contributed by atoms with Crippen molar-refractivity contribution in [2.45, 2.75) is 20.5 Å². The molecule has 1 aromatic carbocycles. The van der Waals surface area contributed by atoms with Crippen molar-refractivity contribution in [3.8, 4) is 5.69 Å². The lowest BCUT2D eigenvalue weighted by molar-refractivity contribution is 0.276. The average molecular weight is 237 g/mol. The zero-order valence-corrected chi connectivity index (χ0v) is 9.99. The van der Waals surface area contributed by atoms with Crippen LogP contribution in [0.2, 0.25) is 5.02 Å². The third-order valence-corrected chi connectivity index (χ3v) is 2.98. The Morgan fingerprint density at radius 2 is 2.12 bits per heavy atom. The number of aromatic nitrogens is 2. The summed E-state index contributed by atoms with van der Waals surface area (Å²) in [5.74, 6) is 0. The van der Waals surface area contributed by atoms with E-state index in [1.165, 1.54) is 0 Å². The Bertz CT molecular complexity index is 520. The Hall–Kier alpha value is -1.32. The molecule has 1 aromatic heterocycles. The normalized spacial score (nSPS) is 10.8. The summed E-state index contributed by atoms with van der Waals surface area (Å²) in [4.78, 5) is 0. The molecule has 4 heteroatoms. The van der Waals surface area contributed by atoms with Crippen molar-refractivity contribution in [1.29, 1.82) is 0 Å². The maximum atomic E-state index is 9.04. The van der Waals surface area contributed by atoms with Gasteiger partial charge in [-0.2, -0.15) is 5.10 Å². The molecule has 0 aliphatic heterocycles. The van der Waals surface area contributed by atoms with E-state index in [0.29, 0.717) is 5.69 Å². The molecular formula is C12H13ClN2O. The van der Waals surface area contributed by atoms with Crippen LogP contribution in [0, 0.1) is 13.8 Å². The number of benzene rings is 1. The van der Waals surface area contributed by atoms with E-state index in [1.807, 2.05) is 38.1 Å². The number of aliphatic hydroxyl groups excluding tert-OH is 1. The van der Waals surface area contributed by atoms with Crippen molar-refractivity contribution in [2.24, 2.45) is 0 Å². The van der Waals surface area contributed by atoms with E-state index in [2.05, 4.69) is 5.10 Å². The Labute approximate surface area is 99.3 Å². The summed E-state index contributed by atoms with van der Waals surface area (Å²) in [5, 5.41) is 14.1. The standard InChI is InChI=1S/C12H13ClN2O/c1-8-6-10(7-16)14-15(8)12-5-3-4-11(13)9(12)2/h3-6,16H,7H2,1-2H3. The maximum absolute atomic E-state index is 9.04. The third kappa shape index (κ3) is 1.84. The van der Waals surface area contributed by atoms with Crippen molar-refractivity contribution in [2.75, 3.05) is 0 Å². The van der Waals surface area contributed by atoms with Crippen LogP contribution in [-0.2, 0) is 6.61 Å². The van der Waals surface area contributed by atoms with Crippen LogP contribution in [0.3, 0.4) is 0 Å². The van der Waals surface area contributed by atoms with Crippen LogP contribution >= 0.6 is 11.6 Å². The molecule has 0 amide bonds. The summed E-state index contributed by atoms with van der Waals surface area (Å²) in [6.45, 7) is 3.86. The second-order valence-corrected chi connectivity index (χ2v) is 4.14. The summed E-state index contributed by atoms with van der Waals surface area (Å²) in [6.07, 6.45) is 0. The topological polar surface area (TPSA) is 38.0 Å². The lowest BCUT2D eigenvalue weighted by Gasteiger charge is -2.09. The van der Waals surface area contributed by atoms with Gasteiger partial charge in [0.1, 0.15) is 0 Å². The Morgan fingerprint density at radius 3 is 2.75 bits per heavy atom. The Morgan fingerprint density at radius 1 is 1.38 bits per heavy atom. The van der Waals surface area contributed by atoms with Crippen LogP contribution in [0.25, 0.3) is 5.69 Å². The van der Waals surface area contributed by atoms with Gasteiger partial charge in [-0.05, 0) is 37.6 Å². The molecule has 0 fully saturated rings. The van der Waals surface area contributed by atoms with Crippen molar-refractivity contribution in [3.05, 3.63) is 46.2 Å². The zero-order valence-electron chi connectivity index (χ0n) is 9.24. The van der Waals surface area contributed by atoms with Crippen LogP contribution < -0.4 is 0 Å². The lowest BCUT2D eigenvalue weighted by Crippen LogP contribution is -2.02. The summed E-state index contributed by atoms with van der Waals surface area (Å²) in [6, 6.07) is 7.57. The van der Waals surface area contributed by atoms with E-state index in [-0.39, 0.29) is 6.61 Å². The van der Waals surface area contributed by atoms with E-state index < -0.39 is 0 Å². The van der Waals surface area contributed by atoms with Crippen LogP contribution in [-0.4, -0.2) is 14.9 Å². The molecule has 0 spiro atoms. The first kappa shape index (κ1) is 11.2. The molecule has 0 aliphatic rings. The van der Waals surface area contributed by atoms with Crippen LogP contribution in [0.15, 0.2) is 24.3 Å². The van der Waals surface area contributed by atoms with Gasteiger partial charge in [0.2, 0.25) is 0 Å². The van der Waals surface area contributed by atoms with Gasteiger partial charge in [0.05, 0.1) is 18.0 Å². The number of aryl methyl sites for hydroxylation is 1. The van der Waals surface area contributed by atoms with Crippen molar-refractivity contribution >= 4 is 11.6 Å². The van der Waals surface area contributed by atoms with Gasteiger partial charge in [-0.15, -0.1) is 0 Å². The van der Waals surface area contributed by atoms with Crippen molar-refractivity contribution < 1.29 is 5.11 Å². The number of hydrogen-bond donors (Lipinski definition) is 1. The average Bonchev–Trinajstić information content (AvgIpc) is 2.64. The van der Waals surface area contributed by atoms with Crippen LogP contribution in [0.4, 0.5) is 0 Å². The fraction of sp³-hybridized carbons (Fsp3) is 0.250. The first-order chi connectivity index (χ1) is 7.63. The van der Waals surface area contributed by atoms with Gasteiger partial charge >= 0.3 is 0 Å². The number of halogens is 1. The van der Waals surface area contributed by atoms with Gasteiger partial charge in [-0.25, -0.2) is 4.68 Å². The first-order valence-electron chi connectivity index (χ1n) is 5.05. The van der Waals surface area contributed by atoms with E-state index in [0.717, 1.165) is 22.0 Å². The highest BCUT2D eigenvalue weighted by atomic mass is 35.5. The molecule has 0 bridgehead atoms. The van der Waals surface area contributed by atoms with Gasteiger partial charge in [0.15, 0.2) is 0 Å². The summed E-state index contributed by atoms with van der Waals surface area (Å²) in [7, 11) is 0. The van der Waals surface area contributed by atoms with E-state index >= 15 is 0 Å². The number of rotatable bonds is 2. The largest absolute Gasteiger partial charge is 0.390 e. The Kier molecular flexibility index (Phi) is 2.99. The molecular weight excluding hydrogens is 224 g/mol. The molecule has 2 aromatic rings. The van der Waals surface area contributed by atoms with Gasteiger partial charge in [0, 0.05) is 10.7 Å². The van der Waals surface area contributed by atoms with E-state index in [1.54, 1.807) is 4.68 Å². The highest BCUT2D eigenvalue weighted by Crippen LogP contribution is 2.23. The van der Waals surface area contributed by atoms with Gasteiger partial charge in [0.25, 0.3) is 0 Å². The molecule has 16 heavy (non-hydrogen) atoms. The quantitative estimate of drug-likeness (QED) is 0.871.